The number of benzene rings is 1. The second-order valence-corrected chi connectivity index (χ2v) is 6.76. The number of hydrogen-bond acceptors (Lipinski definition) is 3. The van der Waals surface area contributed by atoms with Gasteiger partial charge in [0.1, 0.15) is 12.4 Å². The first-order valence-corrected chi connectivity index (χ1v) is 8.80. The summed E-state index contributed by atoms with van der Waals surface area (Å²) in [7, 11) is 0. The Morgan fingerprint density at radius 1 is 1.29 bits per heavy atom. The van der Waals surface area contributed by atoms with Gasteiger partial charge in [0.15, 0.2) is 5.69 Å². The van der Waals surface area contributed by atoms with Crippen LogP contribution in [0.1, 0.15) is 17.0 Å². The van der Waals surface area contributed by atoms with Crippen molar-refractivity contribution in [2.24, 2.45) is 0 Å². The summed E-state index contributed by atoms with van der Waals surface area (Å²) in [5, 5.41) is 10.0. The van der Waals surface area contributed by atoms with E-state index in [1.165, 1.54) is 30.1 Å². The number of nitrogens with zero attached hydrogens (tertiary/aromatic N) is 4. The average molecular weight is 460 g/mol. The van der Waals surface area contributed by atoms with E-state index in [0.717, 1.165) is 4.68 Å². The van der Waals surface area contributed by atoms with Gasteiger partial charge in [0.05, 0.1) is 28.6 Å². The third-order valence-electron chi connectivity index (χ3n) is 3.90. The number of alkyl halides is 3. The van der Waals surface area contributed by atoms with E-state index in [1.807, 2.05) is 0 Å². The van der Waals surface area contributed by atoms with Crippen molar-refractivity contribution in [3.05, 3.63) is 63.9 Å². The van der Waals surface area contributed by atoms with E-state index >= 15 is 0 Å². The summed E-state index contributed by atoms with van der Waals surface area (Å²) < 4.78 is 54.6. The highest BCUT2D eigenvalue weighted by Gasteiger charge is 2.38. The molecule has 0 aliphatic rings. The van der Waals surface area contributed by atoms with Crippen LogP contribution in [0.4, 0.5) is 23.2 Å². The Bertz CT molecular complexity index is 1010. The Labute approximate surface area is 165 Å². The van der Waals surface area contributed by atoms with Crippen molar-refractivity contribution >= 4 is 27.5 Å². The lowest BCUT2D eigenvalue weighted by Crippen LogP contribution is -2.20. The van der Waals surface area contributed by atoms with Crippen LogP contribution in [0.3, 0.4) is 0 Å². The van der Waals surface area contributed by atoms with Crippen LogP contribution in [0.15, 0.2) is 41.1 Å². The number of amides is 1. The molecule has 0 aliphatic heterocycles. The smallest absolute Gasteiger partial charge is 0.322 e. The van der Waals surface area contributed by atoms with Gasteiger partial charge in [-0.3, -0.25) is 14.2 Å². The van der Waals surface area contributed by atoms with E-state index in [0.29, 0.717) is 11.3 Å². The number of nitrogens with one attached hydrogen (secondary N) is 1. The lowest BCUT2D eigenvalue weighted by atomic mass is 10.2. The predicted molar refractivity (Wildman–Crippen MR) is 96.0 cm³/mol. The van der Waals surface area contributed by atoms with Crippen LogP contribution in [0.5, 0.6) is 0 Å². The summed E-state index contributed by atoms with van der Waals surface area (Å²) in [5.74, 6) is -0.943. The molecule has 0 unspecified atom stereocenters. The molecule has 0 bridgehead atoms. The molecular formula is C17H14BrF4N5O. The highest BCUT2D eigenvalue weighted by Crippen LogP contribution is 2.35. The predicted octanol–water partition coefficient (Wildman–Crippen LogP) is 4.00. The van der Waals surface area contributed by atoms with Gasteiger partial charge >= 0.3 is 6.18 Å². The molecule has 3 rings (SSSR count). The highest BCUT2D eigenvalue weighted by molar-refractivity contribution is 9.10. The molecule has 0 saturated heterocycles. The molecule has 0 radical (unpaired) electrons. The van der Waals surface area contributed by atoms with E-state index in [2.05, 4.69) is 31.4 Å². The lowest BCUT2D eigenvalue weighted by molar-refractivity contribution is -0.142. The Hall–Kier alpha value is -2.69. The van der Waals surface area contributed by atoms with E-state index in [9.17, 15) is 22.4 Å². The monoisotopic (exact) mass is 459 g/mol. The summed E-state index contributed by atoms with van der Waals surface area (Å²) in [6, 6.07) is 6.23. The van der Waals surface area contributed by atoms with E-state index in [4.69, 9.17) is 0 Å². The average Bonchev–Trinajstić information content (AvgIpc) is 3.16. The fourth-order valence-electron chi connectivity index (χ4n) is 2.51. The minimum atomic E-state index is -4.63. The van der Waals surface area contributed by atoms with Crippen LogP contribution < -0.4 is 5.32 Å². The first-order valence-electron chi connectivity index (χ1n) is 8.01. The summed E-state index contributed by atoms with van der Waals surface area (Å²) in [6.45, 7) is 1.19. The molecule has 0 aliphatic carbocycles. The van der Waals surface area contributed by atoms with Gasteiger partial charge in [-0.2, -0.15) is 23.4 Å². The normalized spacial score (nSPS) is 11.6. The van der Waals surface area contributed by atoms with Crippen molar-refractivity contribution in [3.8, 4) is 0 Å². The van der Waals surface area contributed by atoms with Gasteiger partial charge in [-0.05, 0) is 28.9 Å². The van der Waals surface area contributed by atoms with Crippen LogP contribution in [0, 0.1) is 12.7 Å². The third-order valence-corrected chi connectivity index (χ3v) is 4.85. The molecule has 0 spiro atoms. The minimum Gasteiger partial charge on any atom is -0.322 e. The molecule has 1 N–H and O–H groups in total. The Kier molecular flexibility index (Phi) is 5.54. The van der Waals surface area contributed by atoms with Crippen molar-refractivity contribution in [2.45, 2.75) is 26.2 Å². The van der Waals surface area contributed by atoms with Gasteiger partial charge in [-0.25, -0.2) is 4.39 Å². The zero-order valence-corrected chi connectivity index (χ0v) is 16.1. The molecule has 2 aromatic heterocycles. The number of anilines is 1. The van der Waals surface area contributed by atoms with Crippen molar-refractivity contribution in [3.63, 3.8) is 0 Å². The fourth-order valence-corrected chi connectivity index (χ4v) is 3.02. The second-order valence-electron chi connectivity index (χ2n) is 5.97. The molecule has 28 heavy (non-hydrogen) atoms. The van der Waals surface area contributed by atoms with Crippen LogP contribution in [-0.2, 0) is 24.1 Å². The SMILES string of the molecule is Cc1c(Br)c(C(F)(F)F)nn1CC(=O)Nc1cnn(Cc2ccccc2F)c1. The Morgan fingerprint density at radius 3 is 2.64 bits per heavy atom. The molecule has 0 atom stereocenters. The molecule has 0 fully saturated rings. The van der Waals surface area contributed by atoms with Gasteiger partial charge in [0.25, 0.3) is 0 Å². The van der Waals surface area contributed by atoms with Gasteiger partial charge < -0.3 is 5.32 Å². The number of carbonyl (C=O) groups excluding carboxylic acids is 1. The fraction of sp³-hybridized carbons (Fsp3) is 0.235. The first-order chi connectivity index (χ1) is 13.1. The number of halogens is 5. The largest absolute Gasteiger partial charge is 0.436 e. The standard InChI is InChI=1S/C17H14BrF4N5O/c1-10-15(18)16(17(20,21)22)25-27(10)9-14(28)24-12-6-23-26(8-12)7-11-4-2-3-5-13(11)19/h2-6,8H,7,9H2,1H3,(H,24,28). The Balaban J connectivity index is 1.66. The van der Waals surface area contributed by atoms with Crippen LogP contribution in [0.25, 0.3) is 0 Å². The maximum absolute atomic E-state index is 13.7. The lowest BCUT2D eigenvalue weighted by Gasteiger charge is -2.05. The van der Waals surface area contributed by atoms with Crippen LogP contribution in [-0.4, -0.2) is 25.5 Å². The Morgan fingerprint density at radius 2 is 2.00 bits per heavy atom. The van der Waals surface area contributed by atoms with Gasteiger partial charge in [-0.1, -0.05) is 18.2 Å². The van der Waals surface area contributed by atoms with E-state index < -0.39 is 24.3 Å². The van der Waals surface area contributed by atoms with Gasteiger partial charge in [0.2, 0.25) is 5.91 Å². The molecule has 6 nitrogen and oxygen atoms in total. The number of carbonyl (C=O) groups is 1. The van der Waals surface area contributed by atoms with Crippen LogP contribution in [0.2, 0.25) is 0 Å². The van der Waals surface area contributed by atoms with Gasteiger partial charge in [0, 0.05) is 11.8 Å². The quantitative estimate of drug-likeness (QED) is 0.586. The minimum absolute atomic E-state index is 0.169. The number of aromatic nitrogens is 4. The number of hydrogen-bond donors (Lipinski definition) is 1. The molecule has 1 amide bonds. The summed E-state index contributed by atoms with van der Waals surface area (Å²) in [4.78, 5) is 12.2. The van der Waals surface area contributed by atoms with Crippen molar-refractivity contribution in [1.82, 2.24) is 19.6 Å². The number of rotatable bonds is 5. The molecule has 2 heterocycles. The molecule has 148 valence electrons. The zero-order valence-electron chi connectivity index (χ0n) is 14.5. The molecule has 11 heteroatoms. The summed E-state index contributed by atoms with van der Waals surface area (Å²) in [6.07, 6.45) is -1.76. The van der Waals surface area contributed by atoms with Crippen LogP contribution >= 0.6 is 15.9 Å². The highest BCUT2D eigenvalue weighted by atomic mass is 79.9. The summed E-state index contributed by atoms with van der Waals surface area (Å²) >= 11 is 2.86. The van der Waals surface area contributed by atoms with E-state index in [-0.39, 0.29) is 22.5 Å². The van der Waals surface area contributed by atoms with Crippen molar-refractivity contribution < 1.29 is 22.4 Å². The van der Waals surface area contributed by atoms with Crippen molar-refractivity contribution in [2.75, 3.05) is 5.32 Å². The zero-order chi connectivity index (χ0) is 20.5. The van der Waals surface area contributed by atoms with Gasteiger partial charge in [-0.15, -0.1) is 0 Å². The third kappa shape index (κ3) is 4.41. The summed E-state index contributed by atoms with van der Waals surface area (Å²) in [5.41, 5.74) is -0.144. The maximum atomic E-state index is 13.7. The second kappa shape index (κ2) is 7.74. The molecule has 1 aromatic carbocycles. The molecule has 3 aromatic rings. The van der Waals surface area contributed by atoms with Crippen molar-refractivity contribution in [1.29, 1.82) is 0 Å². The molecular weight excluding hydrogens is 446 g/mol. The topological polar surface area (TPSA) is 64.7 Å². The van der Waals surface area contributed by atoms with E-state index in [1.54, 1.807) is 18.2 Å². The molecule has 0 saturated carbocycles. The first kappa shape index (κ1) is 20.1. The maximum Gasteiger partial charge on any atom is 0.436 e.